The fraction of sp³-hybridized carbons (Fsp3) is 0.875. The van der Waals surface area contributed by atoms with Crippen molar-refractivity contribution < 1.29 is 23.8 Å². The molecule has 1 N–H and O–H groups in total. The summed E-state index contributed by atoms with van der Waals surface area (Å²) in [5, 5.41) is 12.6. The summed E-state index contributed by atoms with van der Waals surface area (Å²) in [4.78, 5) is 13.3. The van der Waals surface area contributed by atoms with Crippen LogP contribution in [0.2, 0.25) is 0 Å². The maximum atomic E-state index is 13.1. The molecule has 0 saturated carbocycles. The maximum absolute atomic E-state index is 13.1. The lowest BCUT2D eigenvalue weighted by atomic mass is 9.98. The molecule has 1 rings (SSSR count). The molecule has 0 aromatic carbocycles. The lowest BCUT2D eigenvalue weighted by Gasteiger charge is -2.38. The largest absolute Gasteiger partial charge is 0.459 e. The predicted octanol–water partition coefficient (Wildman–Crippen LogP) is 0.672. The second-order valence-electron chi connectivity index (χ2n) is 3.45. The van der Waals surface area contributed by atoms with Gasteiger partial charge in [-0.15, -0.1) is 0 Å². The monoisotopic (exact) mass is 233 g/mol. The second kappa shape index (κ2) is 5.11. The molecule has 0 bridgehead atoms. The highest BCUT2D eigenvalue weighted by molar-refractivity contribution is 5.66. The number of esters is 1. The summed E-state index contributed by atoms with van der Waals surface area (Å²) in [6.45, 7) is 2.62. The van der Waals surface area contributed by atoms with E-state index in [2.05, 4.69) is 10.0 Å². The molecule has 1 heterocycles. The number of hydrogen-bond donors (Lipinski definition) is 1. The molecule has 5 atom stereocenters. The van der Waals surface area contributed by atoms with Gasteiger partial charge in [0.2, 0.25) is 6.36 Å². The third kappa shape index (κ3) is 2.60. The van der Waals surface area contributed by atoms with Gasteiger partial charge in [-0.2, -0.15) is 0 Å². The third-order valence-corrected chi connectivity index (χ3v) is 2.25. The predicted molar refractivity (Wildman–Crippen MR) is 49.9 cm³/mol. The number of aliphatic hydroxyl groups excluding tert-OH is 1. The Morgan fingerprint density at radius 1 is 1.69 bits per heavy atom. The fourth-order valence-electron chi connectivity index (χ4n) is 1.54. The van der Waals surface area contributed by atoms with E-state index in [1.807, 2.05) is 0 Å². The Morgan fingerprint density at radius 3 is 2.81 bits per heavy atom. The number of halogens is 1. The summed E-state index contributed by atoms with van der Waals surface area (Å²) in [5.74, 6) is -0.622. The highest BCUT2D eigenvalue weighted by atomic mass is 19.1. The van der Waals surface area contributed by atoms with Crippen molar-refractivity contribution in [2.75, 3.05) is 0 Å². The van der Waals surface area contributed by atoms with Crippen LogP contribution in [0.4, 0.5) is 4.39 Å². The maximum Gasteiger partial charge on any atom is 0.303 e. The van der Waals surface area contributed by atoms with Crippen LogP contribution in [0.1, 0.15) is 13.8 Å². The minimum absolute atomic E-state index is 0.622. The number of nitrogens with zero attached hydrogens (tertiary/aromatic N) is 3. The van der Waals surface area contributed by atoms with Crippen molar-refractivity contribution in [2.45, 2.75) is 44.6 Å². The molecule has 0 aliphatic carbocycles. The molecule has 0 aromatic heterocycles. The molecule has 90 valence electrons. The van der Waals surface area contributed by atoms with Gasteiger partial charge in [-0.05, 0) is 12.5 Å². The van der Waals surface area contributed by atoms with E-state index in [-0.39, 0.29) is 0 Å². The highest BCUT2D eigenvalue weighted by Gasteiger charge is 2.45. The van der Waals surface area contributed by atoms with Gasteiger partial charge < -0.3 is 14.6 Å². The van der Waals surface area contributed by atoms with Crippen LogP contribution in [-0.4, -0.2) is 41.8 Å². The molecule has 1 fully saturated rings. The number of azide groups is 1. The van der Waals surface area contributed by atoms with E-state index >= 15 is 0 Å². The van der Waals surface area contributed by atoms with Crippen LogP contribution >= 0.6 is 0 Å². The summed E-state index contributed by atoms with van der Waals surface area (Å²) < 4.78 is 22.7. The Bertz CT molecular complexity index is 320. The van der Waals surface area contributed by atoms with Crippen LogP contribution in [-0.2, 0) is 14.3 Å². The number of carbonyl (C=O) groups is 1. The number of carbonyl (C=O) groups excluding carboxylic acids is 1. The van der Waals surface area contributed by atoms with Crippen LogP contribution in [0.15, 0.2) is 5.11 Å². The van der Waals surface area contributed by atoms with Crippen molar-refractivity contribution in [3.05, 3.63) is 10.4 Å². The minimum atomic E-state index is -1.96. The molecule has 7 nitrogen and oxygen atoms in total. The Balaban J connectivity index is 2.90. The summed E-state index contributed by atoms with van der Waals surface area (Å²) in [7, 11) is 0. The van der Waals surface area contributed by atoms with Gasteiger partial charge in [-0.3, -0.25) is 4.79 Å². The molecule has 0 amide bonds. The Hall–Kier alpha value is -1.37. The molecule has 16 heavy (non-hydrogen) atoms. The molecular weight excluding hydrogens is 221 g/mol. The molecule has 0 aromatic rings. The molecule has 8 heteroatoms. The van der Waals surface area contributed by atoms with Crippen LogP contribution in [0.3, 0.4) is 0 Å². The SMILES string of the molecule is CC(=O)O[C@H]1[C@H](N=[N+]=[N-])[C@H](O)[C@@H](F)O[C@@H]1C. The van der Waals surface area contributed by atoms with Gasteiger partial charge in [0.05, 0.1) is 6.10 Å². The molecular formula is C8H12FN3O4. The minimum Gasteiger partial charge on any atom is -0.459 e. The number of ether oxygens (including phenoxy) is 2. The number of alkyl halides is 1. The van der Waals surface area contributed by atoms with Gasteiger partial charge in [0, 0.05) is 11.8 Å². The number of rotatable bonds is 2. The van der Waals surface area contributed by atoms with Gasteiger partial charge in [0.15, 0.2) is 0 Å². The second-order valence-corrected chi connectivity index (χ2v) is 3.45. The Morgan fingerprint density at radius 2 is 2.31 bits per heavy atom. The lowest BCUT2D eigenvalue weighted by Crippen LogP contribution is -2.55. The first-order chi connectivity index (χ1) is 7.47. The summed E-state index contributed by atoms with van der Waals surface area (Å²) in [5.41, 5.74) is 8.30. The average molecular weight is 233 g/mol. The van der Waals surface area contributed by atoms with Crippen molar-refractivity contribution in [1.29, 1.82) is 0 Å². The van der Waals surface area contributed by atoms with Crippen molar-refractivity contribution in [3.63, 3.8) is 0 Å². The van der Waals surface area contributed by atoms with E-state index in [9.17, 15) is 14.3 Å². The Kier molecular flexibility index (Phi) is 4.05. The summed E-state index contributed by atoms with van der Waals surface area (Å²) in [6.07, 6.45) is -5.39. The highest BCUT2D eigenvalue weighted by Crippen LogP contribution is 2.26. The fourth-order valence-corrected chi connectivity index (χ4v) is 1.54. The zero-order valence-corrected chi connectivity index (χ0v) is 8.78. The zero-order valence-electron chi connectivity index (χ0n) is 8.78. The first kappa shape index (κ1) is 12.7. The van der Waals surface area contributed by atoms with Gasteiger partial charge in [0.25, 0.3) is 0 Å². The van der Waals surface area contributed by atoms with E-state index in [1.54, 1.807) is 0 Å². The van der Waals surface area contributed by atoms with E-state index in [0.717, 1.165) is 6.92 Å². The van der Waals surface area contributed by atoms with E-state index in [1.165, 1.54) is 6.92 Å². The van der Waals surface area contributed by atoms with Gasteiger partial charge in [-0.1, -0.05) is 5.11 Å². The van der Waals surface area contributed by atoms with Crippen molar-refractivity contribution in [2.24, 2.45) is 5.11 Å². The first-order valence-corrected chi connectivity index (χ1v) is 4.66. The van der Waals surface area contributed by atoms with Gasteiger partial charge in [0.1, 0.15) is 18.2 Å². The standard InChI is InChI=1S/C8H12FN3O4/c1-3-7(16-4(2)13)5(11-12-10)6(14)8(9)15-3/h3,5-8,14H,1-2H3/t3-,5-,6+,7-,8+/m1/s1. The lowest BCUT2D eigenvalue weighted by molar-refractivity contribution is -0.225. The van der Waals surface area contributed by atoms with Crippen LogP contribution in [0.5, 0.6) is 0 Å². The van der Waals surface area contributed by atoms with E-state index in [0.29, 0.717) is 0 Å². The molecule has 1 aliphatic heterocycles. The molecule has 0 unspecified atom stereocenters. The molecule has 1 aliphatic rings. The summed E-state index contributed by atoms with van der Waals surface area (Å²) >= 11 is 0. The molecule has 0 spiro atoms. The Labute approximate surface area is 90.8 Å². The molecule has 0 radical (unpaired) electrons. The van der Waals surface area contributed by atoms with Crippen molar-refractivity contribution in [1.82, 2.24) is 0 Å². The normalized spacial score (nSPS) is 38.6. The van der Waals surface area contributed by atoms with Gasteiger partial charge in [-0.25, -0.2) is 4.39 Å². The van der Waals surface area contributed by atoms with Crippen molar-refractivity contribution in [3.8, 4) is 0 Å². The van der Waals surface area contributed by atoms with Crippen molar-refractivity contribution >= 4 is 5.97 Å². The van der Waals surface area contributed by atoms with Crippen LogP contribution in [0, 0.1) is 0 Å². The quantitative estimate of drug-likeness (QED) is 0.327. The smallest absolute Gasteiger partial charge is 0.303 e. The van der Waals surface area contributed by atoms with Crippen LogP contribution < -0.4 is 0 Å². The van der Waals surface area contributed by atoms with E-state index < -0.39 is 36.7 Å². The number of aliphatic hydroxyl groups is 1. The zero-order chi connectivity index (χ0) is 12.3. The van der Waals surface area contributed by atoms with Gasteiger partial charge >= 0.3 is 5.97 Å². The van der Waals surface area contributed by atoms with E-state index in [4.69, 9.17) is 15.0 Å². The summed E-state index contributed by atoms with van der Waals surface area (Å²) in [6, 6.07) is -1.19. The topological polar surface area (TPSA) is 105 Å². The first-order valence-electron chi connectivity index (χ1n) is 4.66. The molecule has 1 saturated heterocycles. The average Bonchev–Trinajstić information content (AvgIpc) is 2.19. The van der Waals surface area contributed by atoms with Crippen LogP contribution in [0.25, 0.3) is 10.4 Å². The third-order valence-electron chi connectivity index (χ3n) is 2.25. The number of hydrogen-bond acceptors (Lipinski definition) is 5.